The van der Waals surface area contributed by atoms with Gasteiger partial charge in [0.25, 0.3) is 5.91 Å². The van der Waals surface area contributed by atoms with Crippen molar-refractivity contribution >= 4 is 34.4 Å². The van der Waals surface area contributed by atoms with Gasteiger partial charge in [-0.2, -0.15) is 0 Å². The van der Waals surface area contributed by atoms with E-state index in [0.29, 0.717) is 18.2 Å². The minimum absolute atomic E-state index is 0.186. The second kappa shape index (κ2) is 11.1. The van der Waals surface area contributed by atoms with Gasteiger partial charge in [-0.05, 0) is 77.4 Å². The first-order valence-corrected chi connectivity index (χ1v) is 10.5. The van der Waals surface area contributed by atoms with E-state index in [0.717, 1.165) is 9.13 Å². The molecule has 2 aromatic carbocycles. The van der Waals surface area contributed by atoms with Gasteiger partial charge in [-0.3, -0.25) is 9.59 Å². The summed E-state index contributed by atoms with van der Waals surface area (Å²) in [6.07, 6.45) is 0. The highest BCUT2D eigenvalue weighted by Crippen LogP contribution is 2.15. The molecule has 0 bridgehead atoms. The number of hydrogen-bond acceptors (Lipinski definition) is 3. The lowest BCUT2D eigenvalue weighted by Gasteiger charge is -2.29. The molecule has 0 fully saturated rings. The van der Waals surface area contributed by atoms with Crippen LogP contribution in [0.3, 0.4) is 0 Å². The number of carbonyl (C=O) groups is 2. The second-order valence-corrected chi connectivity index (χ2v) is 8.45. The molecule has 156 valence electrons. The van der Waals surface area contributed by atoms with Crippen molar-refractivity contribution in [2.75, 3.05) is 13.2 Å². The zero-order valence-corrected chi connectivity index (χ0v) is 19.0. The normalized spacial score (nSPS) is 11.8. The Morgan fingerprint density at radius 3 is 2.28 bits per heavy atom. The molecule has 0 aliphatic rings. The fourth-order valence-corrected chi connectivity index (χ4v) is 2.94. The van der Waals surface area contributed by atoms with Gasteiger partial charge in [0.05, 0.1) is 0 Å². The van der Waals surface area contributed by atoms with Crippen LogP contribution in [0.5, 0.6) is 5.75 Å². The molecule has 0 aliphatic carbocycles. The number of nitrogens with zero attached hydrogens (tertiary/aromatic N) is 1. The molecule has 2 amide bonds. The molecule has 1 unspecified atom stereocenters. The van der Waals surface area contributed by atoms with Crippen molar-refractivity contribution in [2.24, 2.45) is 5.92 Å². The Morgan fingerprint density at radius 2 is 1.69 bits per heavy atom. The van der Waals surface area contributed by atoms with Crippen molar-refractivity contribution in [1.82, 2.24) is 10.2 Å². The van der Waals surface area contributed by atoms with Crippen LogP contribution in [0.2, 0.25) is 0 Å². The molecule has 0 saturated carbocycles. The van der Waals surface area contributed by atoms with Crippen LogP contribution in [0.4, 0.5) is 4.39 Å². The maximum absolute atomic E-state index is 13.2. The van der Waals surface area contributed by atoms with Crippen LogP contribution in [-0.4, -0.2) is 35.9 Å². The van der Waals surface area contributed by atoms with Gasteiger partial charge in [0, 0.05) is 16.7 Å². The Hall–Kier alpha value is -2.16. The topological polar surface area (TPSA) is 58.6 Å². The Morgan fingerprint density at radius 1 is 1.07 bits per heavy atom. The van der Waals surface area contributed by atoms with E-state index in [1.54, 1.807) is 31.2 Å². The molecule has 0 heterocycles. The van der Waals surface area contributed by atoms with E-state index < -0.39 is 6.04 Å². The Balaban J connectivity index is 2.10. The molecular weight excluding hydrogens is 486 g/mol. The van der Waals surface area contributed by atoms with E-state index in [1.165, 1.54) is 17.0 Å². The molecule has 1 N–H and O–H groups in total. The Labute approximate surface area is 184 Å². The number of amides is 2. The molecule has 7 heteroatoms. The third-order valence-electron chi connectivity index (χ3n) is 4.29. The van der Waals surface area contributed by atoms with Gasteiger partial charge in [-0.1, -0.05) is 26.0 Å². The van der Waals surface area contributed by atoms with Crippen LogP contribution in [0.25, 0.3) is 0 Å². The van der Waals surface area contributed by atoms with E-state index >= 15 is 0 Å². The molecule has 0 aliphatic heterocycles. The van der Waals surface area contributed by atoms with Crippen molar-refractivity contribution in [3.63, 3.8) is 0 Å². The third kappa shape index (κ3) is 7.64. The molecule has 0 aromatic heterocycles. The van der Waals surface area contributed by atoms with Crippen molar-refractivity contribution in [1.29, 1.82) is 0 Å². The van der Waals surface area contributed by atoms with Gasteiger partial charge in [-0.15, -0.1) is 0 Å². The average Bonchev–Trinajstić information content (AvgIpc) is 2.70. The first-order chi connectivity index (χ1) is 13.8. The van der Waals surface area contributed by atoms with Gasteiger partial charge >= 0.3 is 0 Å². The third-order valence-corrected chi connectivity index (χ3v) is 5.01. The monoisotopic (exact) mass is 512 g/mol. The molecule has 29 heavy (non-hydrogen) atoms. The van der Waals surface area contributed by atoms with E-state index in [2.05, 4.69) is 27.9 Å². The van der Waals surface area contributed by atoms with Gasteiger partial charge in [0.2, 0.25) is 5.91 Å². The van der Waals surface area contributed by atoms with E-state index in [-0.39, 0.29) is 30.8 Å². The zero-order chi connectivity index (χ0) is 21.4. The lowest BCUT2D eigenvalue weighted by atomic mass is 10.1. The molecular formula is C22H26FIN2O3. The van der Waals surface area contributed by atoms with Crippen LogP contribution in [0.1, 0.15) is 26.3 Å². The number of halogens is 2. The average molecular weight is 512 g/mol. The van der Waals surface area contributed by atoms with Crippen molar-refractivity contribution < 1.29 is 18.7 Å². The number of rotatable bonds is 9. The number of ether oxygens (including phenoxy) is 1. The minimum atomic E-state index is -0.688. The van der Waals surface area contributed by atoms with Gasteiger partial charge < -0.3 is 15.0 Å². The summed E-state index contributed by atoms with van der Waals surface area (Å²) in [5.74, 6) is -0.0195. The van der Waals surface area contributed by atoms with Crippen LogP contribution < -0.4 is 10.1 Å². The van der Waals surface area contributed by atoms with E-state index in [1.807, 2.05) is 26.0 Å². The zero-order valence-electron chi connectivity index (χ0n) is 16.8. The first-order valence-electron chi connectivity index (χ1n) is 9.46. The highest BCUT2D eigenvalue weighted by molar-refractivity contribution is 14.1. The maximum atomic E-state index is 13.2. The summed E-state index contributed by atoms with van der Waals surface area (Å²) in [6.45, 7) is 6.21. The van der Waals surface area contributed by atoms with Crippen molar-refractivity contribution in [3.8, 4) is 5.75 Å². The predicted molar refractivity (Wildman–Crippen MR) is 119 cm³/mol. The van der Waals surface area contributed by atoms with Crippen LogP contribution in [0.15, 0.2) is 48.5 Å². The Bertz CT molecular complexity index is 810. The van der Waals surface area contributed by atoms with Crippen molar-refractivity contribution in [3.05, 3.63) is 63.5 Å². The summed E-state index contributed by atoms with van der Waals surface area (Å²) in [6, 6.07) is 12.6. The largest absolute Gasteiger partial charge is 0.484 e. The lowest BCUT2D eigenvalue weighted by Crippen LogP contribution is -2.49. The highest BCUT2D eigenvalue weighted by Gasteiger charge is 2.26. The van der Waals surface area contributed by atoms with Gasteiger partial charge in [0.15, 0.2) is 6.61 Å². The number of benzene rings is 2. The predicted octanol–water partition coefficient (Wildman–Crippen LogP) is 4.00. The van der Waals surface area contributed by atoms with Crippen molar-refractivity contribution in [2.45, 2.75) is 33.4 Å². The van der Waals surface area contributed by atoms with Crippen LogP contribution in [-0.2, 0) is 16.1 Å². The molecule has 5 nitrogen and oxygen atoms in total. The molecule has 1 atom stereocenters. The SMILES string of the molecule is CC(C)CNC(=O)C(C)N(Cc1ccc(F)cc1)C(=O)COc1ccc(I)cc1. The second-order valence-electron chi connectivity index (χ2n) is 7.21. The summed E-state index contributed by atoms with van der Waals surface area (Å²) in [5, 5.41) is 2.86. The number of carbonyl (C=O) groups excluding carboxylic acids is 2. The summed E-state index contributed by atoms with van der Waals surface area (Å²) in [4.78, 5) is 26.9. The van der Waals surface area contributed by atoms with Gasteiger partial charge in [-0.25, -0.2) is 4.39 Å². The summed E-state index contributed by atoms with van der Waals surface area (Å²) < 4.78 is 19.9. The summed E-state index contributed by atoms with van der Waals surface area (Å²) in [5.41, 5.74) is 0.734. The molecule has 0 spiro atoms. The minimum Gasteiger partial charge on any atom is -0.484 e. The number of hydrogen-bond donors (Lipinski definition) is 1. The number of nitrogens with one attached hydrogen (secondary N) is 1. The molecule has 0 radical (unpaired) electrons. The quantitative estimate of drug-likeness (QED) is 0.517. The molecule has 2 rings (SSSR count). The van der Waals surface area contributed by atoms with Crippen LogP contribution >= 0.6 is 22.6 Å². The van der Waals surface area contributed by atoms with Gasteiger partial charge in [0.1, 0.15) is 17.6 Å². The molecule has 2 aromatic rings. The fraction of sp³-hybridized carbons (Fsp3) is 0.364. The standard InChI is InChI=1S/C22H26FIN2O3/c1-15(2)12-25-22(28)16(3)26(13-17-4-6-18(23)7-5-17)21(27)14-29-20-10-8-19(24)9-11-20/h4-11,15-16H,12-14H2,1-3H3,(H,25,28). The lowest BCUT2D eigenvalue weighted by molar-refractivity contribution is -0.142. The van der Waals surface area contributed by atoms with E-state index in [9.17, 15) is 14.0 Å². The highest BCUT2D eigenvalue weighted by atomic mass is 127. The molecule has 0 saturated heterocycles. The maximum Gasteiger partial charge on any atom is 0.261 e. The Kier molecular flexibility index (Phi) is 8.88. The first kappa shape index (κ1) is 23.1. The smallest absolute Gasteiger partial charge is 0.261 e. The van der Waals surface area contributed by atoms with E-state index in [4.69, 9.17) is 4.74 Å². The van der Waals surface area contributed by atoms with Crippen LogP contribution in [0, 0.1) is 15.3 Å². The fourth-order valence-electron chi connectivity index (χ4n) is 2.58. The summed E-state index contributed by atoms with van der Waals surface area (Å²) in [7, 11) is 0. The summed E-state index contributed by atoms with van der Waals surface area (Å²) >= 11 is 2.19.